The lowest BCUT2D eigenvalue weighted by Crippen LogP contribution is -2.33. The number of nitrogens with zero attached hydrogens (tertiary/aromatic N) is 3. The molecule has 1 aliphatic heterocycles. The zero-order valence-electron chi connectivity index (χ0n) is 13.3. The first-order chi connectivity index (χ1) is 11.5. The van der Waals surface area contributed by atoms with Gasteiger partial charge in [0.2, 0.25) is 11.7 Å². The third-order valence-electron chi connectivity index (χ3n) is 3.83. The second kappa shape index (κ2) is 6.35. The number of ether oxygens (including phenoxy) is 1. The van der Waals surface area contributed by atoms with Gasteiger partial charge in [0.05, 0.1) is 24.0 Å². The number of halogens is 1. The molecule has 6 nitrogen and oxygen atoms in total. The van der Waals surface area contributed by atoms with Gasteiger partial charge in [-0.15, -0.1) is 0 Å². The predicted octanol–water partition coefficient (Wildman–Crippen LogP) is 2.31. The molecule has 1 amide bonds. The molecule has 0 spiro atoms. The number of ketones is 1. The van der Waals surface area contributed by atoms with E-state index < -0.39 is 17.6 Å². The first-order valence-electron chi connectivity index (χ1n) is 7.56. The molecule has 1 aromatic carbocycles. The van der Waals surface area contributed by atoms with E-state index in [-0.39, 0.29) is 17.7 Å². The number of likely N-dealkylation sites (tertiary alicyclic amines) is 1. The van der Waals surface area contributed by atoms with Crippen molar-refractivity contribution in [1.29, 1.82) is 0 Å². The third-order valence-corrected chi connectivity index (χ3v) is 3.83. The van der Waals surface area contributed by atoms with Crippen molar-refractivity contribution >= 4 is 11.7 Å². The summed E-state index contributed by atoms with van der Waals surface area (Å²) in [7, 11) is 0. The van der Waals surface area contributed by atoms with E-state index in [2.05, 4.69) is 9.97 Å². The van der Waals surface area contributed by atoms with Gasteiger partial charge in [0, 0.05) is 12.6 Å². The Balaban J connectivity index is 1.74. The highest BCUT2D eigenvalue weighted by molar-refractivity contribution is 6.40. The van der Waals surface area contributed by atoms with Crippen molar-refractivity contribution in [2.24, 2.45) is 0 Å². The van der Waals surface area contributed by atoms with Crippen molar-refractivity contribution in [3.05, 3.63) is 48.2 Å². The van der Waals surface area contributed by atoms with Gasteiger partial charge in [0.25, 0.3) is 5.91 Å². The van der Waals surface area contributed by atoms with Crippen LogP contribution in [-0.4, -0.2) is 39.1 Å². The van der Waals surface area contributed by atoms with Crippen LogP contribution in [0.15, 0.2) is 36.7 Å². The summed E-state index contributed by atoms with van der Waals surface area (Å²) in [5.41, 5.74) is 0.433. The Morgan fingerprint density at radius 2 is 1.88 bits per heavy atom. The highest BCUT2D eigenvalue weighted by Crippen LogP contribution is 2.26. The van der Waals surface area contributed by atoms with E-state index in [0.29, 0.717) is 18.0 Å². The van der Waals surface area contributed by atoms with Crippen LogP contribution >= 0.6 is 0 Å². The number of Topliss-reactive ketones (excluding diaryl/α,β-unsaturated/α-hetero) is 1. The first kappa shape index (κ1) is 16.0. The molecule has 0 saturated carbocycles. The third kappa shape index (κ3) is 3.10. The molecule has 0 bridgehead atoms. The molecule has 0 aliphatic carbocycles. The summed E-state index contributed by atoms with van der Waals surface area (Å²) in [6.45, 7) is 4.03. The van der Waals surface area contributed by atoms with E-state index in [1.807, 2.05) is 13.8 Å². The van der Waals surface area contributed by atoms with E-state index in [1.54, 1.807) is 0 Å². The SMILES string of the molecule is CC(C)N1CC(c2cnc(Oc3ccc(F)cc3)cn2)C(=O)C1=O. The zero-order valence-corrected chi connectivity index (χ0v) is 13.3. The molecule has 2 aromatic rings. The average molecular weight is 329 g/mol. The summed E-state index contributed by atoms with van der Waals surface area (Å²) in [6, 6.07) is 5.47. The van der Waals surface area contributed by atoms with Crippen LogP contribution in [0, 0.1) is 5.82 Å². The molecular weight excluding hydrogens is 313 g/mol. The molecule has 2 heterocycles. The number of aromatic nitrogens is 2. The number of hydrogen-bond donors (Lipinski definition) is 0. The highest BCUT2D eigenvalue weighted by atomic mass is 19.1. The summed E-state index contributed by atoms with van der Waals surface area (Å²) in [4.78, 5) is 33.9. The molecule has 3 rings (SSSR count). The fourth-order valence-corrected chi connectivity index (χ4v) is 2.51. The maximum Gasteiger partial charge on any atom is 0.291 e. The Morgan fingerprint density at radius 3 is 2.42 bits per heavy atom. The quantitative estimate of drug-likeness (QED) is 0.805. The van der Waals surface area contributed by atoms with E-state index in [1.165, 1.54) is 41.6 Å². The van der Waals surface area contributed by atoms with Crippen LogP contribution in [0.1, 0.15) is 25.5 Å². The van der Waals surface area contributed by atoms with Crippen molar-refractivity contribution < 1.29 is 18.7 Å². The van der Waals surface area contributed by atoms with Gasteiger partial charge in [0.1, 0.15) is 11.6 Å². The molecule has 124 valence electrons. The lowest BCUT2D eigenvalue weighted by Gasteiger charge is -2.19. The van der Waals surface area contributed by atoms with Gasteiger partial charge >= 0.3 is 0 Å². The molecule has 7 heteroatoms. The summed E-state index contributed by atoms with van der Waals surface area (Å²) >= 11 is 0. The van der Waals surface area contributed by atoms with Gasteiger partial charge in [-0.2, -0.15) is 0 Å². The fourth-order valence-electron chi connectivity index (χ4n) is 2.51. The minimum absolute atomic E-state index is 0.0412. The molecule has 1 saturated heterocycles. The maximum atomic E-state index is 12.9. The van der Waals surface area contributed by atoms with E-state index in [4.69, 9.17) is 4.74 Å². The van der Waals surface area contributed by atoms with Crippen LogP contribution in [-0.2, 0) is 9.59 Å². The highest BCUT2D eigenvalue weighted by Gasteiger charge is 2.41. The van der Waals surface area contributed by atoms with Crippen LogP contribution in [0.25, 0.3) is 0 Å². The Morgan fingerprint density at radius 1 is 1.17 bits per heavy atom. The van der Waals surface area contributed by atoms with E-state index in [9.17, 15) is 14.0 Å². The lowest BCUT2D eigenvalue weighted by molar-refractivity contribution is -0.141. The van der Waals surface area contributed by atoms with Crippen LogP contribution in [0.2, 0.25) is 0 Å². The topological polar surface area (TPSA) is 72.4 Å². The summed E-state index contributed by atoms with van der Waals surface area (Å²) in [6.07, 6.45) is 2.81. The van der Waals surface area contributed by atoms with Crippen molar-refractivity contribution in [3.63, 3.8) is 0 Å². The Kier molecular flexibility index (Phi) is 4.24. The normalized spacial score (nSPS) is 17.7. The molecule has 0 radical (unpaired) electrons. The molecule has 1 aromatic heterocycles. The first-order valence-corrected chi connectivity index (χ1v) is 7.56. The number of amides is 1. The van der Waals surface area contributed by atoms with Crippen molar-refractivity contribution in [2.75, 3.05) is 6.54 Å². The molecule has 1 fully saturated rings. The van der Waals surface area contributed by atoms with Crippen LogP contribution in [0.3, 0.4) is 0 Å². The molecule has 1 unspecified atom stereocenters. The molecule has 24 heavy (non-hydrogen) atoms. The number of rotatable bonds is 4. The summed E-state index contributed by atoms with van der Waals surface area (Å²) in [5, 5.41) is 0. The summed E-state index contributed by atoms with van der Waals surface area (Å²) < 4.78 is 18.3. The Hall–Kier alpha value is -2.83. The zero-order chi connectivity index (χ0) is 17.3. The summed E-state index contributed by atoms with van der Waals surface area (Å²) in [5.74, 6) is -1.26. The molecule has 1 atom stereocenters. The number of benzene rings is 1. The van der Waals surface area contributed by atoms with Gasteiger partial charge < -0.3 is 9.64 Å². The molecule has 1 aliphatic rings. The number of carbonyl (C=O) groups excluding carboxylic acids is 2. The minimum Gasteiger partial charge on any atom is -0.438 e. The van der Waals surface area contributed by atoms with E-state index in [0.717, 1.165) is 0 Å². The average Bonchev–Trinajstić information content (AvgIpc) is 2.86. The van der Waals surface area contributed by atoms with Crippen molar-refractivity contribution in [2.45, 2.75) is 25.8 Å². The van der Waals surface area contributed by atoms with Crippen LogP contribution < -0.4 is 4.74 Å². The van der Waals surface area contributed by atoms with Crippen LogP contribution in [0.5, 0.6) is 11.6 Å². The van der Waals surface area contributed by atoms with Gasteiger partial charge in [-0.3, -0.25) is 14.6 Å². The number of carbonyl (C=O) groups is 2. The van der Waals surface area contributed by atoms with Crippen LogP contribution in [0.4, 0.5) is 4.39 Å². The number of hydrogen-bond acceptors (Lipinski definition) is 5. The Bertz CT molecular complexity index is 760. The second-order valence-corrected chi connectivity index (χ2v) is 5.80. The smallest absolute Gasteiger partial charge is 0.291 e. The van der Waals surface area contributed by atoms with Gasteiger partial charge in [-0.05, 0) is 38.1 Å². The molecule has 0 N–H and O–H groups in total. The predicted molar refractivity (Wildman–Crippen MR) is 83.1 cm³/mol. The lowest BCUT2D eigenvalue weighted by atomic mass is 10.0. The maximum absolute atomic E-state index is 12.9. The second-order valence-electron chi connectivity index (χ2n) is 5.80. The van der Waals surface area contributed by atoms with Crippen molar-refractivity contribution in [3.8, 4) is 11.6 Å². The van der Waals surface area contributed by atoms with Crippen molar-refractivity contribution in [1.82, 2.24) is 14.9 Å². The van der Waals surface area contributed by atoms with Gasteiger partial charge in [-0.25, -0.2) is 9.37 Å². The van der Waals surface area contributed by atoms with Gasteiger partial charge in [-0.1, -0.05) is 0 Å². The minimum atomic E-state index is -0.604. The fraction of sp³-hybridized carbons (Fsp3) is 0.294. The Labute approximate surface area is 138 Å². The largest absolute Gasteiger partial charge is 0.438 e. The standard InChI is InChI=1S/C17H16FN3O3/c1-10(2)21-9-13(16(22)17(21)23)14-7-20-15(8-19-14)24-12-5-3-11(18)4-6-12/h3-8,10,13H,9H2,1-2H3. The van der Waals surface area contributed by atoms with Gasteiger partial charge in [0.15, 0.2) is 0 Å². The molecular formula is C17H16FN3O3. The monoisotopic (exact) mass is 329 g/mol. The van der Waals surface area contributed by atoms with E-state index >= 15 is 0 Å².